The lowest BCUT2D eigenvalue weighted by molar-refractivity contribution is 0.0196. The minimum absolute atomic E-state index is 0.0530. The van der Waals surface area contributed by atoms with Crippen molar-refractivity contribution in [2.45, 2.75) is 108 Å². The van der Waals surface area contributed by atoms with Crippen LogP contribution in [0.25, 0.3) is 12.2 Å². The number of hydrogen-bond acceptors (Lipinski definition) is 7. The molecule has 45 heavy (non-hydrogen) atoms. The second-order valence-electron chi connectivity index (χ2n) is 11.7. The monoisotopic (exact) mass is 616 g/mol. The van der Waals surface area contributed by atoms with Crippen molar-refractivity contribution in [2.24, 2.45) is 11.8 Å². The van der Waals surface area contributed by atoms with E-state index in [2.05, 4.69) is 87.0 Å². The highest BCUT2D eigenvalue weighted by atomic mass is 16.5. The van der Waals surface area contributed by atoms with Gasteiger partial charge in [0.15, 0.2) is 11.6 Å². The van der Waals surface area contributed by atoms with Gasteiger partial charge in [0.2, 0.25) is 0 Å². The van der Waals surface area contributed by atoms with E-state index in [1.165, 1.54) is 18.5 Å². The van der Waals surface area contributed by atoms with Crippen LogP contribution in [0.1, 0.15) is 111 Å². The van der Waals surface area contributed by atoms with Gasteiger partial charge in [0.1, 0.15) is 0 Å². The number of nitrogens with zero attached hydrogens (tertiary/aromatic N) is 5. The minimum Gasteiger partial charge on any atom is -0.377 e. The van der Waals surface area contributed by atoms with Gasteiger partial charge in [0, 0.05) is 41.8 Å². The first-order chi connectivity index (χ1) is 21.8. The summed E-state index contributed by atoms with van der Waals surface area (Å²) >= 11 is 0. The summed E-state index contributed by atoms with van der Waals surface area (Å²) in [7, 11) is 0. The molecule has 7 heteroatoms. The van der Waals surface area contributed by atoms with E-state index in [0.29, 0.717) is 23.4 Å². The van der Waals surface area contributed by atoms with E-state index in [1.54, 1.807) is 0 Å². The van der Waals surface area contributed by atoms with Crippen LogP contribution in [0.4, 0.5) is 11.6 Å². The smallest absolute Gasteiger partial charge is 0.159 e. The van der Waals surface area contributed by atoms with Crippen LogP contribution in [0.5, 0.6) is 0 Å². The van der Waals surface area contributed by atoms with Crippen molar-refractivity contribution in [3.63, 3.8) is 0 Å². The molecule has 0 bridgehead atoms. The Morgan fingerprint density at radius 1 is 1.13 bits per heavy atom. The zero-order valence-corrected chi connectivity index (χ0v) is 30.1. The first-order valence-corrected chi connectivity index (χ1v) is 17.4. The van der Waals surface area contributed by atoms with Crippen LogP contribution in [0.2, 0.25) is 0 Å². The van der Waals surface area contributed by atoms with Crippen LogP contribution < -0.4 is 20.7 Å². The van der Waals surface area contributed by atoms with Gasteiger partial charge in [-0.05, 0) is 75.6 Å². The second kappa shape index (κ2) is 19.2. The number of nitrogens with one attached hydrogen (secondary N) is 1. The summed E-state index contributed by atoms with van der Waals surface area (Å²) in [6.45, 7) is 27.7. The molecule has 0 saturated carbocycles. The number of allylic oxidation sites excluding steroid dienone is 2. The molecule has 2 aliphatic rings. The van der Waals surface area contributed by atoms with E-state index < -0.39 is 0 Å². The Morgan fingerprint density at radius 2 is 1.87 bits per heavy atom. The Balaban J connectivity index is 0.00000169. The van der Waals surface area contributed by atoms with Gasteiger partial charge in [0.05, 0.1) is 30.9 Å². The highest BCUT2D eigenvalue weighted by Gasteiger charge is 2.28. The number of benzene rings is 1. The zero-order valence-electron chi connectivity index (χ0n) is 30.1. The van der Waals surface area contributed by atoms with E-state index in [-0.39, 0.29) is 6.04 Å². The maximum atomic E-state index is 9.60. The van der Waals surface area contributed by atoms with Gasteiger partial charge in [-0.25, -0.2) is 0 Å². The number of anilines is 2. The van der Waals surface area contributed by atoms with Gasteiger partial charge in [-0.1, -0.05) is 79.2 Å². The third kappa shape index (κ3) is 9.33. The van der Waals surface area contributed by atoms with E-state index in [4.69, 9.17) is 14.9 Å². The SMILES string of the molecule is C/C=c1/c(N2CCC(C(C)CC)C2)nnc(N[C@H](C)c2cccc(C#N)c2C)/c1=C/C(=C/CC)N1CCOC[C@H]1C.CC.CC. The standard InChI is InChI=1S/C34H48N6O.2C2H6/c1-8-12-29(40-17-18-41-22-24(40)5)19-32-30(10-3)34(39-16-15-28(21-39)23(4)9-2)38-37-33(32)36-26(7)31-14-11-13-27(20-35)25(31)6;2*1-2/h10-14,19,23-24,26,28H,8-9,15-18,21-22H2,1-7H3,(H,36,37);2*1-2H3/b29-12-,30-10+,32-19+;;/t23?,24-,26-,28?;;/m1../s1. The summed E-state index contributed by atoms with van der Waals surface area (Å²) in [5.41, 5.74) is 3.98. The fraction of sp³-hybridized carbons (Fsp3) is 0.605. The number of hydrogen-bond donors (Lipinski definition) is 1. The lowest BCUT2D eigenvalue weighted by Crippen LogP contribution is -2.44. The average Bonchev–Trinajstić information content (AvgIpc) is 3.57. The Kier molecular flexibility index (Phi) is 16.1. The normalized spacial score (nSPS) is 20.4. The summed E-state index contributed by atoms with van der Waals surface area (Å²) in [4.78, 5) is 4.89. The second-order valence-corrected chi connectivity index (χ2v) is 11.7. The predicted octanol–water partition coefficient (Wildman–Crippen LogP) is 7.35. The van der Waals surface area contributed by atoms with Crippen LogP contribution in [-0.2, 0) is 4.74 Å². The van der Waals surface area contributed by atoms with Crippen LogP contribution in [0, 0.1) is 30.1 Å². The molecule has 2 aliphatic heterocycles. The third-order valence-corrected chi connectivity index (χ3v) is 9.01. The zero-order chi connectivity index (χ0) is 33.5. The van der Waals surface area contributed by atoms with Crippen molar-refractivity contribution < 1.29 is 4.74 Å². The molecule has 0 aliphatic carbocycles. The first kappa shape index (κ1) is 37.8. The molecular weight excluding hydrogens is 556 g/mol. The van der Waals surface area contributed by atoms with Crippen LogP contribution in [-0.4, -0.2) is 54.0 Å². The van der Waals surface area contributed by atoms with Gasteiger partial charge in [0.25, 0.3) is 0 Å². The van der Waals surface area contributed by atoms with Crippen LogP contribution >= 0.6 is 0 Å². The molecule has 1 aromatic carbocycles. The molecule has 2 fully saturated rings. The Morgan fingerprint density at radius 3 is 2.49 bits per heavy atom. The Bertz CT molecular complexity index is 1390. The molecule has 2 unspecified atom stereocenters. The number of ether oxygens (including phenoxy) is 1. The average molecular weight is 617 g/mol. The van der Waals surface area contributed by atoms with Crippen molar-refractivity contribution in [3.8, 4) is 6.07 Å². The molecule has 1 N–H and O–H groups in total. The topological polar surface area (TPSA) is 77.3 Å². The van der Waals surface area contributed by atoms with Gasteiger partial charge in [-0.3, -0.25) is 0 Å². The van der Waals surface area contributed by atoms with Crippen LogP contribution in [0.15, 0.2) is 30.0 Å². The summed E-state index contributed by atoms with van der Waals surface area (Å²) in [5.74, 6) is 3.11. The summed E-state index contributed by atoms with van der Waals surface area (Å²) in [6, 6.07) is 8.48. The molecule has 0 radical (unpaired) electrons. The maximum Gasteiger partial charge on any atom is 0.159 e. The lowest BCUT2D eigenvalue weighted by Gasteiger charge is -2.36. The predicted molar refractivity (Wildman–Crippen MR) is 192 cm³/mol. The number of nitriles is 1. The fourth-order valence-corrected chi connectivity index (χ4v) is 6.25. The molecule has 2 aromatic rings. The van der Waals surface area contributed by atoms with Gasteiger partial charge < -0.3 is 19.9 Å². The Labute approximate surface area is 274 Å². The molecule has 7 nitrogen and oxygen atoms in total. The van der Waals surface area contributed by atoms with Crippen molar-refractivity contribution in [3.05, 3.63) is 57.1 Å². The summed E-state index contributed by atoms with van der Waals surface area (Å²) in [5, 5.41) is 25.2. The van der Waals surface area contributed by atoms with Crippen molar-refractivity contribution in [2.75, 3.05) is 43.1 Å². The third-order valence-electron chi connectivity index (χ3n) is 9.01. The molecule has 0 spiro atoms. The minimum atomic E-state index is -0.0530. The number of aromatic nitrogens is 2. The highest BCUT2D eigenvalue weighted by molar-refractivity contribution is 5.59. The first-order valence-electron chi connectivity index (χ1n) is 17.4. The number of morpholine rings is 1. The lowest BCUT2D eigenvalue weighted by atomic mass is 9.91. The largest absolute Gasteiger partial charge is 0.377 e. The number of rotatable bonds is 9. The van der Waals surface area contributed by atoms with Gasteiger partial charge in [-0.15, -0.1) is 10.2 Å². The molecule has 4 atom stereocenters. The molecule has 248 valence electrons. The molecule has 2 saturated heterocycles. The quantitative estimate of drug-likeness (QED) is 0.316. The molecular formula is C38H60N6O. The van der Waals surface area contributed by atoms with Gasteiger partial charge in [-0.2, -0.15) is 5.26 Å². The summed E-state index contributed by atoms with van der Waals surface area (Å²) in [6.07, 6.45) is 10.1. The van der Waals surface area contributed by atoms with Crippen LogP contribution in [0.3, 0.4) is 0 Å². The van der Waals surface area contributed by atoms with E-state index in [9.17, 15) is 5.26 Å². The fourth-order valence-electron chi connectivity index (χ4n) is 6.25. The van der Waals surface area contributed by atoms with E-state index >= 15 is 0 Å². The maximum absolute atomic E-state index is 9.60. The molecule has 1 aromatic heterocycles. The molecule has 0 amide bonds. The van der Waals surface area contributed by atoms with E-state index in [1.807, 2.05) is 46.8 Å². The highest BCUT2D eigenvalue weighted by Crippen LogP contribution is 2.28. The van der Waals surface area contributed by atoms with Crippen molar-refractivity contribution in [1.29, 1.82) is 5.26 Å². The summed E-state index contributed by atoms with van der Waals surface area (Å²) < 4.78 is 5.76. The molecule has 4 rings (SSSR count). The van der Waals surface area contributed by atoms with Crippen molar-refractivity contribution >= 4 is 23.8 Å². The van der Waals surface area contributed by atoms with Crippen molar-refractivity contribution in [1.82, 2.24) is 15.1 Å². The molecule has 3 heterocycles. The Hall–Kier alpha value is -3.37. The van der Waals surface area contributed by atoms with E-state index in [0.717, 1.165) is 72.5 Å². The van der Waals surface area contributed by atoms with Gasteiger partial charge >= 0.3 is 0 Å².